The van der Waals surface area contributed by atoms with Gasteiger partial charge in [-0.15, -0.1) is 0 Å². The Labute approximate surface area is 93.6 Å². The molecule has 84 valence electrons. The fourth-order valence-electron chi connectivity index (χ4n) is 2.20. The maximum absolute atomic E-state index is 11.6. The number of carbonyl (C=O) groups is 1. The van der Waals surface area contributed by atoms with Crippen LogP contribution in [-0.2, 0) is 17.2 Å². The predicted molar refractivity (Wildman–Crippen MR) is 55.7 cm³/mol. The number of esters is 1. The van der Waals surface area contributed by atoms with Gasteiger partial charge in [-0.2, -0.15) is 10.4 Å². The zero-order valence-corrected chi connectivity index (χ0v) is 9.36. The molecule has 0 saturated heterocycles. The van der Waals surface area contributed by atoms with Gasteiger partial charge in [0.05, 0.1) is 30.5 Å². The van der Waals surface area contributed by atoms with E-state index in [0.717, 1.165) is 19.3 Å². The first-order valence-corrected chi connectivity index (χ1v) is 5.16. The second-order valence-corrected chi connectivity index (χ2v) is 4.07. The van der Waals surface area contributed by atoms with E-state index in [9.17, 15) is 10.1 Å². The van der Waals surface area contributed by atoms with Gasteiger partial charge in [-0.1, -0.05) is 0 Å². The average Bonchev–Trinajstić information content (AvgIpc) is 2.60. The van der Waals surface area contributed by atoms with E-state index in [-0.39, 0.29) is 0 Å². The quantitative estimate of drug-likeness (QED) is 0.700. The molecule has 5 nitrogen and oxygen atoms in total. The maximum Gasteiger partial charge on any atom is 0.341 e. The summed E-state index contributed by atoms with van der Waals surface area (Å²) in [6, 6.07) is 2.31. The van der Waals surface area contributed by atoms with E-state index in [1.165, 1.54) is 13.3 Å². The highest BCUT2D eigenvalue weighted by Crippen LogP contribution is 2.44. The van der Waals surface area contributed by atoms with Crippen LogP contribution in [0.4, 0.5) is 0 Å². The maximum atomic E-state index is 11.6. The summed E-state index contributed by atoms with van der Waals surface area (Å²) in [7, 11) is 3.08. The van der Waals surface area contributed by atoms with Crippen LogP contribution >= 0.6 is 0 Å². The molecule has 1 aromatic rings. The molecule has 0 bridgehead atoms. The van der Waals surface area contributed by atoms with E-state index in [2.05, 4.69) is 11.2 Å². The Hall–Kier alpha value is -1.83. The molecule has 1 heterocycles. The second kappa shape index (κ2) is 3.63. The Morgan fingerprint density at radius 3 is 2.81 bits per heavy atom. The summed E-state index contributed by atoms with van der Waals surface area (Å²) >= 11 is 0. The molecular weight excluding hydrogens is 206 g/mol. The molecule has 1 saturated carbocycles. The topological polar surface area (TPSA) is 67.9 Å². The van der Waals surface area contributed by atoms with Crippen molar-refractivity contribution in [2.24, 2.45) is 7.05 Å². The Morgan fingerprint density at radius 2 is 2.38 bits per heavy atom. The molecule has 1 aromatic heterocycles. The molecule has 2 rings (SSSR count). The lowest BCUT2D eigenvalue weighted by Crippen LogP contribution is -2.36. The number of nitriles is 1. The van der Waals surface area contributed by atoms with Gasteiger partial charge in [-0.25, -0.2) is 4.79 Å². The molecule has 0 amide bonds. The van der Waals surface area contributed by atoms with E-state index in [4.69, 9.17) is 4.74 Å². The van der Waals surface area contributed by atoms with Gasteiger partial charge in [0.2, 0.25) is 0 Å². The Kier molecular flexibility index (Phi) is 2.43. The van der Waals surface area contributed by atoms with Crippen molar-refractivity contribution in [2.75, 3.05) is 7.11 Å². The predicted octanol–water partition coefficient (Wildman–Crippen LogP) is 1.15. The zero-order chi connectivity index (χ0) is 11.8. The lowest BCUT2D eigenvalue weighted by Gasteiger charge is -2.35. The van der Waals surface area contributed by atoms with Crippen LogP contribution in [0.1, 0.15) is 35.3 Å². The van der Waals surface area contributed by atoms with Crippen LogP contribution in [0, 0.1) is 11.3 Å². The first-order valence-electron chi connectivity index (χ1n) is 5.16. The first-order chi connectivity index (χ1) is 7.64. The summed E-state index contributed by atoms with van der Waals surface area (Å²) in [5.41, 5.74) is 0.550. The number of aryl methyl sites for hydroxylation is 1. The first kappa shape index (κ1) is 10.7. The van der Waals surface area contributed by atoms with Crippen LogP contribution in [0.2, 0.25) is 0 Å². The largest absolute Gasteiger partial charge is 0.465 e. The van der Waals surface area contributed by atoms with Gasteiger partial charge in [-0.3, -0.25) is 4.68 Å². The number of nitrogens with zero attached hydrogens (tertiary/aromatic N) is 3. The van der Waals surface area contributed by atoms with E-state index in [1.54, 1.807) is 11.7 Å². The van der Waals surface area contributed by atoms with Gasteiger partial charge < -0.3 is 4.74 Å². The molecule has 16 heavy (non-hydrogen) atoms. The SMILES string of the molecule is COC(=O)c1cnn(C)c1C1(C#N)CCC1. The van der Waals surface area contributed by atoms with E-state index < -0.39 is 11.4 Å². The summed E-state index contributed by atoms with van der Waals surface area (Å²) in [5, 5.41) is 13.3. The van der Waals surface area contributed by atoms with Crippen molar-refractivity contribution < 1.29 is 9.53 Å². The molecule has 0 radical (unpaired) electrons. The van der Waals surface area contributed by atoms with Crippen molar-refractivity contribution in [1.29, 1.82) is 5.26 Å². The fraction of sp³-hybridized carbons (Fsp3) is 0.545. The summed E-state index contributed by atoms with van der Waals surface area (Å²) < 4.78 is 6.30. The highest BCUT2D eigenvalue weighted by molar-refractivity contribution is 5.91. The third kappa shape index (κ3) is 1.30. The normalized spacial score (nSPS) is 17.3. The van der Waals surface area contributed by atoms with Crippen LogP contribution in [0.25, 0.3) is 0 Å². The van der Waals surface area contributed by atoms with Crippen molar-refractivity contribution in [3.8, 4) is 6.07 Å². The standard InChI is InChI=1S/C11H13N3O2/c1-14-9(11(7-12)4-3-5-11)8(6-13-14)10(15)16-2/h6H,3-5H2,1-2H3. The van der Waals surface area contributed by atoms with E-state index in [0.29, 0.717) is 11.3 Å². The fourth-order valence-corrected chi connectivity index (χ4v) is 2.20. The summed E-state index contributed by atoms with van der Waals surface area (Å²) in [5.74, 6) is -0.426. The van der Waals surface area contributed by atoms with E-state index >= 15 is 0 Å². The number of hydrogen-bond acceptors (Lipinski definition) is 4. The molecular formula is C11H13N3O2. The molecule has 0 atom stereocenters. The van der Waals surface area contributed by atoms with Crippen molar-refractivity contribution in [3.63, 3.8) is 0 Å². The second-order valence-electron chi connectivity index (χ2n) is 4.07. The average molecular weight is 219 g/mol. The van der Waals surface area contributed by atoms with Crippen molar-refractivity contribution >= 4 is 5.97 Å². The lowest BCUT2D eigenvalue weighted by atomic mass is 9.67. The smallest absolute Gasteiger partial charge is 0.341 e. The van der Waals surface area contributed by atoms with Crippen LogP contribution in [-0.4, -0.2) is 22.9 Å². The number of carbonyl (C=O) groups excluding carboxylic acids is 1. The van der Waals surface area contributed by atoms with Gasteiger partial charge in [0.25, 0.3) is 0 Å². The molecule has 1 aliphatic carbocycles. The minimum atomic E-state index is -0.547. The molecule has 1 fully saturated rings. The highest BCUT2D eigenvalue weighted by atomic mass is 16.5. The lowest BCUT2D eigenvalue weighted by molar-refractivity contribution is 0.0596. The summed E-state index contributed by atoms with van der Waals surface area (Å²) in [6.07, 6.45) is 4.05. The van der Waals surface area contributed by atoms with Gasteiger partial charge >= 0.3 is 5.97 Å². The minimum Gasteiger partial charge on any atom is -0.465 e. The number of rotatable bonds is 2. The summed E-state index contributed by atoms with van der Waals surface area (Å²) in [4.78, 5) is 11.6. The molecule has 1 aliphatic rings. The van der Waals surface area contributed by atoms with E-state index in [1.807, 2.05) is 0 Å². The monoisotopic (exact) mass is 219 g/mol. The molecule has 0 unspecified atom stereocenters. The van der Waals surface area contributed by atoms with Gasteiger partial charge in [0.1, 0.15) is 5.56 Å². The number of ether oxygens (including phenoxy) is 1. The Bertz CT molecular complexity index is 466. The summed E-state index contributed by atoms with van der Waals surface area (Å²) in [6.45, 7) is 0. The Morgan fingerprint density at radius 1 is 1.69 bits per heavy atom. The number of hydrogen-bond donors (Lipinski definition) is 0. The van der Waals surface area contributed by atoms with Crippen molar-refractivity contribution in [3.05, 3.63) is 17.5 Å². The third-order valence-electron chi connectivity index (χ3n) is 3.22. The molecule has 0 spiro atoms. The van der Waals surface area contributed by atoms with Crippen LogP contribution < -0.4 is 0 Å². The van der Waals surface area contributed by atoms with Crippen LogP contribution in [0.15, 0.2) is 6.20 Å². The van der Waals surface area contributed by atoms with Crippen LogP contribution in [0.5, 0.6) is 0 Å². The van der Waals surface area contributed by atoms with Gasteiger partial charge in [-0.05, 0) is 19.3 Å². The number of aromatic nitrogens is 2. The van der Waals surface area contributed by atoms with Crippen molar-refractivity contribution in [2.45, 2.75) is 24.7 Å². The molecule has 0 aliphatic heterocycles. The molecule has 0 N–H and O–H groups in total. The van der Waals surface area contributed by atoms with Gasteiger partial charge in [0, 0.05) is 7.05 Å². The van der Waals surface area contributed by atoms with Gasteiger partial charge in [0.15, 0.2) is 0 Å². The van der Waals surface area contributed by atoms with Crippen molar-refractivity contribution in [1.82, 2.24) is 9.78 Å². The third-order valence-corrected chi connectivity index (χ3v) is 3.22. The minimum absolute atomic E-state index is 0.409. The zero-order valence-electron chi connectivity index (χ0n) is 9.36. The molecule has 5 heteroatoms. The number of methoxy groups -OCH3 is 1. The highest BCUT2D eigenvalue weighted by Gasteiger charge is 2.44. The van der Waals surface area contributed by atoms with Crippen LogP contribution in [0.3, 0.4) is 0 Å². The Balaban J connectivity index is 2.51. The molecule has 0 aromatic carbocycles.